The zero-order valence-electron chi connectivity index (χ0n) is 18.0. The molecule has 8 heteroatoms. The van der Waals surface area contributed by atoms with E-state index >= 15 is 0 Å². The van der Waals surface area contributed by atoms with Crippen LogP contribution < -0.4 is 5.32 Å². The molecule has 0 aliphatic heterocycles. The van der Waals surface area contributed by atoms with E-state index in [9.17, 15) is 9.59 Å². The van der Waals surface area contributed by atoms with Gasteiger partial charge in [0.25, 0.3) is 0 Å². The molecule has 2 aromatic rings. The summed E-state index contributed by atoms with van der Waals surface area (Å²) in [6, 6.07) is 12.5. The number of amides is 2. The average molecular weight is 546 g/mol. The van der Waals surface area contributed by atoms with Crippen LogP contribution in [0.5, 0.6) is 0 Å². The second kappa shape index (κ2) is 11.6. The van der Waals surface area contributed by atoms with Gasteiger partial charge in [0.2, 0.25) is 11.8 Å². The Morgan fingerprint density at radius 1 is 1.10 bits per heavy atom. The molecule has 0 bridgehead atoms. The first kappa shape index (κ1) is 26.0. The van der Waals surface area contributed by atoms with Gasteiger partial charge in [-0.25, -0.2) is 0 Å². The molecule has 0 radical (unpaired) electrons. The molecule has 2 amide bonds. The van der Waals surface area contributed by atoms with Crippen LogP contribution >= 0.6 is 50.9 Å². The van der Waals surface area contributed by atoms with Gasteiger partial charge >= 0.3 is 0 Å². The third-order valence-electron chi connectivity index (χ3n) is 4.47. The third-order valence-corrected chi connectivity index (χ3v) is 6.65. The molecular weight excluding hydrogens is 519 g/mol. The van der Waals surface area contributed by atoms with Crippen molar-refractivity contribution in [1.29, 1.82) is 0 Å². The second-order valence-corrected chi connectivity index (χ2v) is 11.0. The first-order chi connectivity index (χ1) is 14.5. The quantitative estimate of drug-likeness (QED) is 0.422. The van der Waals surface area contributed by atoms with Gasteiger partial charge in [-0.15, -0.1) is 11.8 Å². The fourth-order valence-corrected chi connectivity index (χ4v) is 4.75. The van der Waals surface area contributed by atoms with E-state index in [1.807, 2.05) is 45.0 Å². The Labute approximate surface area is 207 Å². The lowest BCUT2D eigenvalue weighted by Crippen LogP contribution is -2.52. The van der Waals surface area contributed by atoms with E-state index in [-0.39, 0.29) is 23.1 Å². The Morgan fingerprint density at radius 3 is 2.23 bits per heavy atom. The van der Waals surface area contributed by atoms with Gasteiger partial charge in [-0.1, -0.05) is 57.3 Å². The molecule has 0 saturated carbocycles. The van der Waals surface area contributed by atoms with E-state index in [2.05, 4.69) is 21.2 Å². The molecule has 0 aliphatic rings. The number of thioether (sulfide) groups is 1. The van der Waals surface area contributed by atoms with Crippen LogP contribution in [0.4, 0.5) is 0 Å². The molecule has 4 nitrogen and oxygen atoms in total. The van der Waals surface area contributed by atoms with Crippen molar-refractivity contribution in [2.75, 3.05) is 5.75 Å². The summed E-state index contributed by atoms with van der Waals surface area (Å²) in [6.45, 7) is 7.86. The van der Waals surface area contributed by atoms with Gasteiger partial charge in [0.05, 0.1) is 5.75 Å². The predicted molar refractivity (Wildman–Crippen MR) is 135 cm³/mol. The fourth-order valence-electron chi connectivity index (χ4n) is 2.84. The van der Waals surface area contributed by atoms with E-state index in [1.165, 1.54) is 11.8 Å². The van der Waals surface area contributed by atoms with Gasteiger partial charge in [0, 0.05) is 32.4 Å². The largest absolute Gasteiger partial charge is 0.350 e. The van der Waals surface area contributed by atoms with E-state index in [0.29, 0.717) is 22.3 Å². The predicted octanol–water partition coefficient (Wildman–Crippen LogP) is 6.32. The maximum atomic E-state index is 13.1. The van der Waals surface area contributed by atoms with Crippen LogP contribution in [0.25, 0.3) is 0 Å². The average Bonchev–Trinajstić information content (AvgIpc) is 2.67. The van der Waals surface area contributed by atoms with E-state index in [4.69, 9.17) is 23.2 Å². The monoisotopic (exact) mass is 544 g/mol. The van der Waals surface area contributed by atoms with Crippen LogP contribution in [-0.4, -0.2) is 34.0 Å². The SMILES string of the molecule is C[C@@H](C(=O)NC(C)(C)C)N(Cc1ccc(Br)cc1)C(=O)CSCc1c(Cl)cccc1Cl. The highest BCUT2D eigenvalue weighted by molar-refractivity contribution is 9.10. The number of rotatable bonds is 8. The highest BCUT2D eigenvalue weighted by Crippen LogP contribution is 2.28. The number of benzene rings is 2. The topological polar surface area (TPSA) is 49.4 Å². The molecule has 2 aromatic carbocycles. The zero-order chi connectivity index (χ0) is 23.2. The highest BCUT2D eigenvalue weighted by atomic mass is 79.9. The minimum absolute atomic E-state index is 0.118. The van der Waals surface area contributed by atoms with E-state index in [0.717, 1.165) is 15.6 Å². The van der Waals surface area contributed by atoms with Crippen molar-refractivity contribution in [1.82, 2.24) is 10.2 Å². The molecule has 0 aromatic heterocycles. The number of carbonyl (C=O) groups excluding carboxylic acids is 2. The molecule has 0 saturated heterocycles. The number of hydrogen-bond donors (Lipinski definition) is 1. The fraction of sp³-hybridized carbons (Fsp3) is 0.391. The molecule has 0 fully saturated rings. The molecule has 31 heavy (non-hydrogen) atoms. The Hall–Kier alpha value is -1.21. The van der Waals surface area contributed by atoms with Crippen molar-refractivity contribution in [3.05, 3.63) is 68.1 Å². The summed E-state index contributed by atoms with van der Waals surface area (Å²) in [5.74, 6) is 0.425. The lowest BCUT2D eigenvalue weighted by atomic mass is 10.1. The van der Waals surface area contributed by atoms with Crippen molar-refractivity contribution in [3.63, 3.8) is 0 Å². The highest BCUT2D eigenvalue weighted by Gasteiger charge is 2.28. The van der Waals surface area contributed by atoms with Gasteiger partial charge in [-0.05, 0) is 63.1 Å². The molecule has 0 heterocycles. The van der Waals surface area contributed by atoms with Gasteiger partial charge in [0.15, 0.2) is 0 Å². The molecule has 168 valence electrons. The standard InChI is InChI=1S/C23H27BrCl2N2O2S/c1-15(22(30)27-23(2,3)4)28(12-16-8-10-17(24)11-9-16)21(29)14-31-13-18-19(25)6-5-7-20(18)26/h5-11,15H,12-14H2,1-4H3,(H,27,30)/t15-/m0/s1. The first-order valence-electron chi connectivity index (χ1n) is 9.84. The zero-order valence-corrected chi connectivity index (χ0v) is 22.0. The van der Waals surface area contributed by atoms with Crippen LogP contribution in [0.1, 0.15) is 38.8 Å². The smallest absolute Gasteiger partial charge is 0.242 e. The summed E-state index contributed by atoms with van der Waals surface area (Å²) >= 11 is 17.3. The summed E-state index contributed by atoms with van der Waals surface area (Å²) in [5.41, 5.74) is 1.38. The third kappa shape index (κ3) is 8.33. The van der Waals surface area contributed by atoms with Crippen molar-refractivity contribution in [2.24, 2.45) is 0 Å². The van der Waals surface area contributed by atoms with Crippen molar-refractivity contribution in [2.45, 2.75) is 51.6 Å². The van der Waals surface area contributed by atoms with Crippen molar-refractivity contribution < 1.29 is 9.59 Å². The van der Waals surface area contributed by atoms with E-state index < -0.39 is 6.04 Å². The molecule has 2 rings (SSSR count). The van der Waals surface area contributed by atoms with Crippen LogP contribution in [0, 0.1) is 0 Å². The second-order valence-electron chi connectivity index (χ2n) is 8.26. The molecule has 1 atom stereocenters. The number of carbonyl (C=O) groups is 2. The lowest BCUT2D eigenvalue weighted by molar-refractivity contribution is -0.139. The van der Waals surface area contributed by atoms with Crippen LogP contribution in [-0.2, 0) is 21.9 Å². The van der Waals surface area contributed by atoms with E-state index in [1.54, 1.807) is 30.0 Å². The molecule has 0 unspecified atom stereocenters. The number of nitrogens with one attached hydrogen (secondary N) is 1. The Morgan fingerprint density at radius 2 is 1.68 bits per heavy atom. The van der Waals surface area contributed by atoms with Gasteiger partial charge in [0.1, 0.15) is 6.04 Å². The maximum absolute atomic E-state index is 13.1. The van der Waals surface area contributed by atoms with Gasteiger partial charge in [-0.3, -0.25) is 9.59 Å². The minimum atomic E-state index is -0.611. The molecular formula is C23H27BrCl2N2O2S. The molecule has 0 aliphatic carbocycles. The number of hydrogen-bond acceptors (Lipinski definition) is 3. The van der Waals surface area contributed by atoms with Gasteiger partial charge in [-0.2, -0.15) is 0 Å². The maximum Gasteiger partial charge on any atom is 0.242 e. The summed E-state index contributed by atoms with van der Waals surface area (Å²) in [4.78, 5) is 27.5. The summed E-state index contributed by atoms with van der Waals surface area (Å²) in [5, 5.41) is 4.13. The Balaban J connectivity index is 2.13. The number of halogens is 3. The Kier molecular flexibility index (Phi) is 9.74. The normalized spacial score (nSPS) is 12.4. The molecule has 0 spiro atoms. The Bertz CT molecular complexity index is 897. The number of nitrogens with zero attached hydrogens (tertiary/aromatic N) is 1. The van der Waals surface area contributed by atoms with Crippen molar-refractivity contribution in [3.8, 4) is 0 Å². The summed E-state index contributed by atoms with van der Waals surface area (Å²) < 4.78 is 0.958. The van der Waals surface area contributed by atoms with Crippen LogP contribution in [0.15, 0.2) is 46.9 Å². The molecule has 1 N–H and O–H groups in total. The minimum Gasteiger partial charge on any atom is -0.350 e. The summed E-state index contributed by atoms with van der Waals surface area (Å²) in [6.07, 6.45) is 0. The van der Waals surface area contributed by atoms with Crippen LogP contribution in [0.2, 0.25) is 10.0 Å². The lowest BCUT2D eigenvalue weighted by Gasteiger charge is -2.31. The van der Waals surface area contributed by atoms with Crippen LogP contribution in [0.3, 0.4) is 0 Å². The first-order valence-corrected chi connectivity index (χ1v) is 12.5. The summed E-state index contributed by atoms with van der Waals surface area (Å²) in [7, 11) is 0. The van der Waals surface area contributed by atoms with Crippen molar-refractivity contribution >= 4 is 62.7 Å². The van der Waals surface area contributed by atoms with Gasteiger partial charge < -0.3 is 10.2 Å².